The number of benzene rings is 2. The van der Waals surface area contributed by atoms with Crippen molar-refractivity contribution < 1.29 is 9.59 Å². The normalized spacial score (nSPS) is 18.0. The molecule has 112 valence electrons. The molecule has 0 unspecified atom stereocenters. The van der Waals surface area contributed by atoms with E-state index in [0.29, 0.717) is 13.1 Å². The fourth-order valence-corrected chi connectivity index (χ4v) is 2.61. The number of carbonyl (C=O) groups excluding carboxylic acids is 2. The molecule has 1 atom stereocenters. The van der Waals surface area contributed by atoms with Gasteiger partial charge in [0.25, 0.3) is 0 Å². The molecular weight excluding hydrogens is 276 g/mol. The Bertz CT molecular complexity index is 655. The van der Waals surface area contributed by atoms with Crippen molar-refractivity contribution in [1.29, 1.82) is 0 Å². The first-order chi connectivity index (χ1) is 10.7. The molecular formula is C18H18N2O2. The van der Waals surface area contributed by atoms with Crippen molar-refractivity contribution in [3.8, 4) is 0 Å². The fourth-order valence-electron chi connectivity index (χ4n) is 2.61. The van der Waals surface area contributed by atoms with Gasteiger partial charge in [0.1, 0.15) is 0 Å². The Morgan fingerprint density at radius 3 is 2.14 bits per heavy atom. The molecule has 0 saturated carbocycles. The van der Waals surface area contributed by atoms with E-state index in [4.69, 9.17) is 0 Å². The molecule has 0 aliphatic carbocycles. The summed E-state index contributed by atoms with van der Waals surface area (Å²) in [5.41, 5.74) is 2.07. The van der Waals surface area contributed by atoms with Crippen LogP contribution in [0.1, 0.15) is 17.5 Å². The molecule has 4 nitrogen and oxygen atoms in total. The van der Waals surface area contributed by atoms with Crippen LogP contribution >= 0.6 is 0 Å². The highest BCUT2D eigenvalue weighted by Crippen LogP contribution is 2.17. The predicted octanol–water partition coefficient (Wildman–Crippen LogP) is 2.10. The minimum absolute atomic E-state index is 0.112. The van der Waals surface area contributed by atoms with Crippen LogP contribution in [0.5, 0.6) is 0 Å². The molecule has 3 rings (SSSR count). The molecule has 0 bridgehead atoms. The van der Waals surface area contributed by atoms with Crippen molar-refractivity contribution >= 4 is 11.8 Å². The summed E-state index contributed by atoms with van der Waals surface area (Å²) in [7, 11) is 0. The minimum atomic E-state index is -0.420. The second-order valence-electron chi connectivity index (χ2n) is 5.43. The van der Waals surface area contributed by atoms with Crippen LogP contribution in [0.25, 0.3) is 0 Å². The summed E-state index contributed by atoms with van der Waals surface area (Å²) < 4.78 is 0. The average Bonchev–Trinajstić information content (AvgIpc) is 2.82. The van der Waals surface area contributed by atoms with E-state index in [-0.39, 0.29) is 18.2 Å². The quantitative estimate of drug-likeness (QED) is 0.859. The average molecular weight is 294 g/mol. The lowest BCUT2D eigenvalue weighted by molar-refractivity contribution is -0.139. The lowest BCUT2D eigenvalue weighted by Crippen LogP contribution is -2.38. The van der Waals surface area contributed by atoms with Crippen molar-refractivity contribution in [3.05, 3.63) is 71.8 Å². The number of carbonyl (C=O) groups is 2. The number of amides is 2. The van der Waals surface area contributed by atoms with E-state index >= 15 is 0 Å². The van der Waals surface area contributed by atoms with Gasteiger partial charge in [0.2, 0.25) is 11.8 Å². The van der Waals surface area contributed by atoms with Gasteiger partial charge in [-0.25, -0.2) is 0 Å². The van der Waals surface area contributed by atoms with Crippen LogP contribution in [0.4, 0.5) is 0 Å². The summed E-state index contributed by atoms with van der Waals surface area (Å²) in [6.07, 6.45) is 0.235. The van der Waals surface area contributed by atoms with Crippen LogP contribution in [0.15, 0.2) is 60.7 Å². The Labute approximate surface area is 129 Å². The van der Waals surface area contributed by atoms with Crippen LogP contribution in [-0.2, 0) is 22.7 Å². The van der Waals surface area contributed by atoms with Gasteiger partial charge in [0.05, 0.1) is 19.0 Å². The summed E-state index contributed by atoms with van der Waals surface area (Å²) in [5.74, 6) is -0.246. The lowest BCUT2D eigenvalue weighted by Gasteiger charge is -2.15. The van der Waals surface area contributed by atoms with E-state index in [2.05, 4.69) is 5.32 Å². The molecule has 1 saturated heterocycles. The Morgan fingerprint density at radius 2 is 1.50 bits per heavy atom. The van der Waals surface area contributed by atoms with E-state index in [1.54, 1.807) is 0 Å². The van der Waals surface area contributed by atoms with E-state index in [1.807, 2.05) is 60.7 Å². The van der Waals surface area contributed by atoms with Gasteiger partial charge in [0, 0.05) is 6.54 Å². The SMILES string of the molecule is O=C1C[C@@H](NCc2ccccc2)C(=O)N1Cc1ccccc1. The Morgan fingerprint density at radius 1 is 0.909 bits per heavy atom. The summed E-state index contributed by atoms with van der Waals surface area (Å²) in [6.45, 7) is 0.936. The first kappa shape index (κ1) is 14.5. The predicted molar refractivity (Wildman–Crippen MR) is 83.7 cm³/mol. The zero-order chi connectivity index (χ0) is 15.4. The van der Waals surface area contributed by atoms with Gasteiger partial charge in [0.15, 0.2) is 0 Å². The topological polar surface area (TPSA) is 49.4 Å². The van der Waals surface area contributed by atoms with Gasteiger partial charge in [-0.2, -0.15) is 0 Å². The maximum Gasteiger partial charge on any atom is 0.247 e. The summed E-state index contributed by atoms with van der Waals surface area (Å²) >= 11 is 0. The standard InChI is InChI=1S/C18H18N2O2/c21-17-11-16(19-12-14-7-3-1-4-8-14)18(22)20(17)13-15-9-5-2-6-10-15/h1-10,16,19H,11-13H2/t16-/m1/s1. The van der Waals surface area contributed by atoms with Crippen LogP contribution in [0, 0.1) is 0 Å². The smallest absolute Gasteiger partial charge is 0.247 e. The van der Waals surface area contributed by atoms with E-state index in [0.717, 1.165) is 11.1 Å². The molecule has 0 aromatic heterocycles. The highest BCUT2D eigenvalue weighted by molar-refractivity contribution is 6.05. The number of nitrogens with one attached hydrogen (secondary N) is 1. The number of hydrogen-bond donors (Lipinski definition) is 1. The van der Waals surface area contributed by atoms with Crippen LogP contribution in [0.3, 0.4) is 0 Å². The van der Waals surface area contributed by atoms with Crippen LogP contribution < -0.4 is 5.32 Å². The molecule has 0 radical (unpaired) electrons. The van der Waals surface area contributed by atoms with Gasteiger partial charge in [-0.1, -0.05) is 60.7 Å². The van der Waals surface area contributed by atoms with Gasteiger partial charge in [-0.15, -0.1) is 0 Å². The zero-order valence-corrected chi connectivity index (χ0v) is 12.2. The van der Waals surface area contributed by atoms with E-state index in [1.165, 1.54) is 4.90 Å². The van der Waals surface area contributed by atoms with Gasteiger partial charge in [-0.3, -0.25) is 14.5 Å². The number of hydrogen-bond acceptors (Lipinski definition) is 3. The lowest BCUT2D eigenvalue weighted by atomic mass is 10.2. The molecule has 4 heteroatoms. The molecule has 1 fully saturated rings. The van der Waals surface area contributed by atoms with Crippen LogP contribution in [0.2, 0.25) is 0 Å². The third kappa shape index (κ3) is 3.23. The molecule has 1 aliphatic rings. The molecule has 1 N–H and O–H groups in total. The first-order valence-electron chi connectivity index (χ1n) is 7.39. The van der Waals surface area contributed by atoms with E-state index in [9.17, 15) is 9.59 Å². The molecule has 2 amide bonds. The Balaban J connectivity index is 1.61. The second kappa shape index (κ2) is 6.54. The third-order valence-electron chi connectivity index (χ3n) is 3.82. The highest BCUT2D eigenvalue weighted by Gasteiger charge is 2.37. The minimum Gasteiger partial charge on any atom is -0.301 e. The molecule has 0 spiro atoms. The largest absolute Gasteiger partial charge is 0.301 e. The number of imide groups is 1. The number of rotatable bonds is 5. The summed E-state index contributed by atoms with van der Waals surface area (Å²) in [5, 5.41) is 3.18. The Hall–Kier alpha value is -2.46. The Kier molecular flexibility index (Phi) is 4.30. The summed E-state index contributed by atoms with van der Waals surface area (Å²) in [4.78, 5) is 25.8. The van der Waals surface area contributed by atoms with Crippen molar-refractivity contribution in [2.45, 2.75) is 25.6 Å². The number of nitrogens with zero attached hydrogens (tertiary/aromatic N) is 1. The summed E-state index contributed by atoms with van der Waals surface area (Å²) in [6, 6.07) is 19.0. The zero-order valence-electron chi connectivity index (χ0n) is 12.2. The fraction of sp³-hybridized carbons (Fsp3) is 0.222. The second-order valence-corrected chi connectivity index (χ2v) is 5.43. The van der Waals surface area contributed by atoms with Crippen molar-refractivity contribution in [1.82, 2.24) is 10.2 Å². The van der Waals surface area contributed by atoms with Gasteiger partial charge in [-0.05, 0) is 11.1 Å². The van der Waals surface area contributed by atoms with Crippen molar-refractivity contribution in [3.63, 3.8) is 0 Å². The van der Waals surface area contributed by atoms with Crippen LogP contribution in [-0.4, -0.2) is 22.8 Å². The molecule has 22 heavy (non-hydrogen) atoms. The molecule has 1 aliphatic heterocycles. The van der Waals surface area contributed by atoms with Crippen molar-refractivity contribution in [2.24, 2.45) is 0 Å². The highest BCUT2D eigenvalue weighted by atomic mass is 16.2. The van der Waals surface area contributed by atoms with Gasteiger partial charge < -0.3 is 5.32 Å². The first-order valence-corrected chi connectivity index (χ1v) is 7.39. The molecule has 2 aromatic rings. The monoisotopic (exact) mass is 294 g/mol. The molecule has 2 aromatic carbocycles. The molecule has 1 heterocycles. The van der Waals surface area contributed by atoms with Crippen molar-refractivity contribution in [2.75, 3.05) is 0 Å². The maximum absolute atomic E-state index is 12.4. The number of likely N-dealkylation sites (tertiary alicyclic amines) is 1. The van der Waals surface area contributed by atoms with E-state index < -0.39 is 6.04 Å². The third-order valence-corrected chi connectivity index (χ3v) is 3.82. The maximum atomic E-state index is 12.4. The van der Waals surface area contributed by atoms with Gasteiger partial charge >= 0.3 is 0 Å².